The van der Waals surface area contributed by atoms with Crippen LogP contribution >= 0.6 is 11.3 Å². The lowest BCUT2D eigenvalue weighted by Gasteiger charge is -2.09. The molecule has 4 heteroatoms. The number of hydrogen-bond acceptors (Lipinski definition) is 4. The van der Waals surface area contributed by atoms with Crippen molar-refractivity contribution in [2.24, 2.45) is 0 Å². The topological polar surface area (TPSA) is 46.0 Å². The number of nitrogens with zero attached hydrogens (tertiary/aromatic N) is 2. The molecule has 1 atom stereocenters. The number of thiophene rings is 1. The molecule has 0 fully saturated rings. The summed E-state index contributed by atoms with van der Waals surface area (Å²) in [4.78, 5) is 9.17. The Bertz CT molecular complexity index is 467. The lowest BCUT2D eigenvalue weighted by atomic mass is 10.1. The van der Waals surface area contributed by atoms with Crippen LogP contribution in [-0.4, -0.2) is 15.1 Å². The zero-order valence-corrected chi connectivity index (χ0v) is 9.45. The Hall–Kier alpha value is -1.26. The second kappa shape index (κ2) is 4.08. The van der Waals surface area contributed by atoms with Gasteiger partial charge in [-0.15, -0.1) is 11.3 Å². The molecule has 15 heavy (non-hydrogen) atoms. The maximum atomic E-state index is 10.1. The summed E-state index contributed by atoms with van der Waals surface area (Å²) in [5.41, 5.74) is 1.76. The lowest BCUT2D eigenvalue weighted by molar-refractivity contribution is 0.218. The molecule has 0 radical (unpaired) electrons. The van der Waals surface area contributed by atoms with Gasteiger partial charge in [0.05, 0.1) is 5.69 Å². The molecule has 2 aromatic rings. The summed E-state index contributed by atoms with van der Waals surface area (Å²) >= 11 is 1.55. The van der Waals surface area contributed by atoms with Crippen LogP contribution in [0.4, 0.5) is 0 Å². The van der Waals surface area contributed by atoms with E-state index >= 15 is 0 Å². The van der Waals surface area contributed by atoms with Crippen LogP contribution in [-0.2, 0) is 0 Å². The summed E-state index contributed by atoms with van der Waals surface area (Å²) in [6.07, 6.45) is 1.04. The number of aromatic nitrogens is 2. The normalized spacial score (nSPS) is 12.7. The third-order valence-electron chi connectivity index (χ3n) is 2.23. The van der Waals surface area contributed by atoms with Gasteiger partial charge in [-0.05, 0) is 36.9 Å². The SMILES string of the molecule is Cc1nccc(C(O)c2sccc2C)n1. The molecule has 0 spiro atoms. The van der Waals surface area contributed by atoms with Crippen molar-refractivity contribution in [3.63, 3.8) is 0 Å². The summed E-state index contributed by atoms with van der Waals surface area (Å²) in [7, 11) is 0. The lowest BCUT2D eigenvalue weighted by Crippen LogP contribution is -2.03. The maximum Gasteiger partial charge on any atom is 0.130 e. The van der Waals surface area contributed by atoms with Crippen molar-refractivity contribution in [2.45, 2.75) is 20.0 Å². The summed E-state index contributed by atoms with van der Waals surface area (Å²) in [6, 6.07) is 3.74. The molecule has 78 valence electrons. The molecule has 2 rings (SSSR count). The second-order valence-electron chi connectivity index (χ2n) is 3.40. The molecule has 0 bridgehead atoms. The van der Waals surface area contributed by atoms with Crippen molar-refractivity contribution in [1.29, 1.82) is 0 Å². The number of aliphatic hydroxyl groups is 1. The third-order valence-corrected chi connectivity index (χ3v) is 3.30. The Morgan fingerprint density at radius 2 is 2.13 bits per heavy atom. The van der Waals surface area contributed by atoms with Crippen LogP contribution in [0.25, 0.3) is 0 Å². The van der Waals surface area contributed by atoms with E-state index in [9.17, 15) is 5.11 Å². The third kappa shape index (κ3) is 2.06. The highest BCUT2D eigenvalue weighted by atomic mass is 32.1. The number of hydrogen-bond donors (Lipinski definition) is 1. The van der Waals surface area contributed by atoms with Gasteiger partial charge in [0.15, 0.2) is 0 Å². The summed E-state index contributed by atoms with van der Waals surface area (Å²) in [5, 5.41) is 12.1. The molecule has 1 N–H and O–H groups in total. The largest absolute Gasteiger partial charge is 0.381 e. The Morgan fingerprint density at radius 3 is 2.73 bits per heavy atom. The van der Waals surface area contributed by atoms with E-state index in [4.69, 9.17) is 0 Å². The molecular weight excluding hydrogens is 208 g/mol. The fourth-order valence-corrected chi connectivity index (χ4v) is 2.35. The van der Waals surface area contributed by atoms with E-state index in [2.05, 4.69) is 9.97 Å². The molecule has 2 aromatic heterocycles. The van der Waals surface area contributed by atoms with Crippen molar-refractivity contribution in [3.8, 4) is 0 Å². The quantitative estimate of drug-likeness (QED) is 0.844. The van der Waals surface area contributed by atoms with E-state index < -0.39 is 6.10 Å². The molecular formula is C11H12N2OS. The first-order valence-electron chi connectivity index (χ1n) is 4.70. The van der Waals surface area contributed by atoms with Gasteiger partial charge in [-0.1, -0.05) is 0 Å². The van der Waals surface area contributed by atoms with Crippen molar-refractivity contribution >= 4 is 11.3 Å². The van der Waals surface area contributed by atoms with Gasteiger partial charge >= 0.3 is 0 Å². The van der Waals surface area contributed by atoms with Gasteiger partial charge in [0, 0.05) is 11.1 Å². The van der Waals surface area contributed by atoms with E-state index in [1.54, 1.807) is 23.6 Å². The zero-order valence-electron chi connectivity index (χ0n) is 8.64. The summed E-state index contributed by atoms with van der Waals surface area (Å²) in [5.74, 6) is 0.681. The molecule has 0 saturated heterocycles. The van der Waals surface area contributed by atoms with Crippen LogP contribution in [0.2, 0.25) is 0 Å². The Balaban J connectivity index is 2.36. The molecule has 0 aromatic carbocycles. The first kappa shape index (κ1) is 10.3. The smallest absolute Gasteiger partial charge is 0.130 e. The first-order valence-corrected chi connectivity index (χ1v) is 5.58. The van der Waals surface area contributed by atoms with Crippen LogP contribution < -0.4 is 0 Å². The molecule has 0 saturated carbocycles. The fourth-order valence-electron chi connectivity index (χ4n) is 1.43. The minimum Gasteiger partial charge on any atom is -0.381 e. The number of aliphatic hydroxyl groups excluding tert-OH is 1. The van der Waals surface area contributed by atoms with Gasteiger partial charge in [-0.25, -0.2) is 9.97 Å². The summed E-state index contributed by atoms with van der Waals surface area (Å²) < 4.78 is 0. The van der Waals surface area contributed by atoms with Crippen LogP contribution in [0, 0.1) is 13.8 Å². The van der Waals surface area contributed by atoms with Crippen LogP contribution in [0.1, 0.15) is 28.1 Å². The highest BCUT2D eigenvalue weighted by Crippen LogP contribution is 2.27. The Kier molecular flexibility index (Phi) is 2.79. The highest BCUT2D eigenvalue weighted by Gasteiger charge is 2.15. The maximum absolute atomic E-state index is 10.1. The molecule has 0 aliphatic rings. The molecule has 0 amide bonds. The minimum absolute atomic E-state index is 0.633. The van der Waals surface area contributed by atoms with Gasteiger partial charge in [0.1, 0.15) is 11.9 Å². The van der Waals surface area contributed by atoms with Gasteiger partial charge in [0.2, 0.25) is 0 Å². The van der Waals surface area contributed by atoms with E-state index in [0.29, 0.717) is 11.5 Å². The highest BCUT2D eigenvalue weighted by molar-refractivity contribution is 7.10. The predicted octanol–water partition coefficient (Wildman–Crippen LogP) is 2.24. The Labute approximate surface area is 92.5 Å². The van der Waals surface area contributed by atoms with E-state index in [1.165, 1.54) is 0 Å². The molecule has 0 aliphatic heterocycles. The fraction of sp³-hybridized carbons (Fsp3) is 0.273. The van der Waals surface area contributed by atoms with Crippen LogP contribution in [0.5, 0.6) is 0 Å². The van der Waals surface area contributed by atoms with Crippen molar-refractivity contribution in [2.75, 3.05) is 0 Å². The number of rotatable bonds is 2. The van der Waals surface area contributed by atoms with Gasteiger partial charge in [-0.3, -0.25) is 0 Å². The number of aryl methyl sites for hydroxylation is 2. The minimum atomic E-state index is -0.633. The Morgan fingerprint density at radius 1 is 1.33 bits per heavy atom. The zero-order chi connectivity index (χ0) is 10.8. The molecule has 2 heterocycles. The molecule has 1 unspecified atom stereocenters. The first-order chi connectivity index (χ1) is 7.18. The van der Waals surface area contributed by atoms with Crippen LogP contribution in [0.15, 0.2) is 23.7 Å². The standard InChI is InChI=1S/C11H12N2OS/c1-7-4-6-15-11(7)10(14)9-3-5-12-8(2)13-9/h3-6,10,14H,1-2H3. The van der Waals surface area contributed by atoms with Crippen molar-refractivity contribution in [1.82, 2.24) is 9.97 Å². The molecule has 3 nitrogen and oxygen atoms in total. The monoisotopic (exact) mass is 220 g/mol. The van der Waals surface area contributed by atoms with Gasteiger partial charge in [-0.2, -0.15) is 0 Å². The predicted molar refractivity (Wildman–Crippen MR) is 59.9 cm³/mol. The summed E-state index contributed by atoms with van der Waals surface area (Å²) in [6.45, 7) is 3.81. The van der Waals surface area contributed by atoms with Gasteiger partial charge in [0.25, 0.3) is 0 Å². The van der Waals surface area contributed by atoms with Crippen molar-refractivity contribution in [3.05, 3.63) is 45.7 Å². The average Bonchev–Trinajstić information content (AvgIpc) is 2.63. The second-order valence-corrected chi connectivity index (χ2v) is 4.35. The average molecular weight is 220 g/mol. The van der Waals surface area contributed by atoms with E-state index in [-0.39, 0.29) is 0 Å². The van der Waals surface area contributed by atoms with E-state index in [0.717, 1.165) is 10.4 Å². The van der Waals surface area contributed by atoms with Crippen molar-refractivity contribution < 1.29 is 5.11 Å². The molecule has 0 aliphatic carbocycles. The van der Waals surface area contributed by atoms with E-state index in [1.807, 2.05) is 25.3 Å². The van der Waals surface area contributed by atoms with Crippen LogP contribution in [0.3, 0.4) is 0 Å². The van der Waals surface area contributed by atoms with Gasteiger partial charge < -0.3 is 5.11 Å².